The summed E-state index contributed by atoms with van der Waals surface area (Å²) in [5.41, 5.74) is 5.21. The molecule has 29 nitrogen and oxygen atoms in total. The molecule has 0 bridgehead atoms. The Kier molecular flexibility index (Phi) is 26.3. The molecule has 0 saturated carbocycles. The molecule has 0 aliphatic carbocycles. The quantitative estimate of drug-likeness (QED) is 0.0138. The highest BCUT2D eigenvalue weighted by atomic mass is 32.1. The van der Waals surface area contributed by atoms with Gasteiger partial charge in [0.15, 0.2) is 15.4 Å². The number of thiazole rings is 3. The lowest BCUT2D eigenvalue weighted by Crippen LogP contribution is -2.29. The zero-order valence-corrected chi connectivity index (χ0v) is 65.0. The molecule has 7 N–H and O–H groups in total. The Hall–Kier alpha value is -13.1. The molecule has 3 saturated heterocycles. The number of aromatic nitrogens is 3. The summed E-state index contributed by atoms with van der Waals surface area (Å²) in [6, 6.07) is 29.4. The number of hydrogen-bond donors (Lipinski definition) is 7. The zero-order valence-electron chi connectivity index (χ0n) is 62.5. The first-order valence-corrected chi connectivity index (χ1v) is 36.6. The fourth-order valence-corrected chi connectivity index (χ4v) is 15.1. The Balaban J connectivity index is 0.000000188. The van der Waals surface area contributed by atoms with Crippen LogP contribution in [0.2, 0.25) is 0 Å². The van der Waals surface area contributed by atoms with Gasteiger partial charge in [-0.15, -0.1) is 0 Å². The third-order valence-corrected chi connectivity index (χ3v) is 20.7. The number of ether oxygens (including phenoxy) is 6. The molecule has 9 aromatic rings. The van der Waals surface area contributed by atoms with Gasteiger partial charge in [-0.25, -0.2) is 29.3 Å². The van der Waals surface area contributed by atoms with Gasteiger partial charge in [0.25, 0.3) is 23.3 Å². The number of carbonyl (C=O) groups is 10. The van der Waals surface area contributed by atoms with Crippen LogP contribution in [-0.4, -0.2) is 151 Å². The van der Waals surface area contributed by atoms with Crippen LogP contribution < -0.4 is 28.9 Å². The second kappa shape index (κ2) is 35.5. The monoisotopic (exact) mass is 1580 g/mol. The number of aliphatic hydroxyl groups is 3. The minimum atomic E-state index is -1.05. The first kappa shape index (κ1) is 83.0. The summed E-state index contributed by atoms with van der Waals surface area (Å²) in [5, 5.41) is 70.9. The van der Waals surface area contributed by atoms with Crippen molar-refractivity contribution in [3.63, 3.8) is 0 Å². The van der Waals surface area contributed by atoms with E-state index in [-0.39, 0.29) is 101 Å². The predicted octanol–water partition coefficient (Wildman–Crippen LogP) is 12.9. The highest BCUT2D eigenvalue weighted by Crippen LogP contribution is 2.49. The van der Waals surface area contributed by atoms with Crippen LogP contribution in [0.25, 0.3) is 17.3 Å². The van der Waals surface area contributed by atoms with Gasteiger partial charge in [0.1, 0.15) is 66.4 Å². The van der Waals surface area contributed by atoms with Crippen molar-refractivity contribution in [3.05, 3.63) is 226 Å². The van der Waals surface area contributed by atoms with Gasteiger partial charge in [-0.05, 0) is 187 Å². The second-order valence-electron chi connectivity index (χ2n) is 24.7. The number of nitrogens with zero attached hydrogens (tertiary/aromatic N) is 6. The molecule has 0 radical (unpaired) electrons. The fraction of sp³-hybridized carbons (Fsp3) is 0.237. The topological polar surface area (TPSA) is 416 Å². The lowest BCUT2D eigenvalue weighted by Gasteiger charge is -2.23. The number of aromatic hydroxyl groups is 3. The molecule has 3 amide bonds. The maximum absolute atomic E-state index is 13.3. The zero-order chi connectivity index (χ0) is 82.0. The van der Waals surface area contributed by atoms with Gasteiger partial charge in [-0.3, -0.25) is 48.3 Å². The molecule has 582 valence electrons. The van der Waals surface area contributed by atoms with Gasteiger partial charge in [0.05, 0.1) is 93.1 Å². The molecule has 3 aliphatic heterocycles. The highest BCUT2D eigenvalue weighted by Gasteiger charge is 2.52. The van der Waals surface area contributed by atoms with E-state index in [4.69, 9.17) is 38.3 Å². The summed E-state index contributed by atoms with van der Waals surface area (Å²) >= 11 is 2.78. The van der Waals surface area contributed by atoms with Gasteiger partial charge in [0.2, 0.25) is 0 Å². The third kappa shape index (κ3) is 17.3. The van der Waals surface area contributed by atoms with Crippen LogP contribution in [0.15, 0.2) is 144 Å². The minimum Gasteiger partial charge on any atom is -0.508 e. The maximum Gasteiger partial charge on any atom is 0.350 e. The van der Waals surface area contributed by atoms with Crippen LogP contribution in [0.1, 0.15) is 142 Å². The van der Waals surface area contributed by atoms with Crippen LogP contribution in [-0.2, 0) is 47.8 Å². The van der Waals surface area contributed by atoms with Crippen LogP contribution in [0.3, 0.4) is 0 Å². The predicted molar refractivity (Wildman–Crippen MR) is 414 cm³/mol. The van der Waals surface area contributed by atoms with Crippen molar-refractivity contribution in [2.75, 3.05) is 55.8 Å². The van der Waals surface area contributed by atoms with Gasteiger partial charge in [0, 0.05) is 23.6 Å². The maximum atomic E-state index is 13.3. The first-order chi connectivity index (χ1) is 53.2. The second-order valence-corrected chi connectivity index (χ2v) is 27.7. The van der Waals surface area contributed by atoms with Crippen molar-refractivity contribution < 1.29 is 112 Å². The number of hydrogen-bond acceptors (Lipinski definition) is 28. The van der Waals surface area contributed by atoms with Gasteiger partial charge >= 0.3 is 35.6 Å². The molecule has 112 heavy (non-hydrogen) atoms. The van der Waals surface area contributed by atoms with Crippen molar-refractivity contribution >= 4 is 126 Å². The summed E-state index contributed by atoms with van der Waals surface area (Å²) in [4.78, 5) is 143. The Morgan fingerprint density at radius 2 is 0.607 bits per heavy atom. The van der Waals surface area contributed by atoms with E-state index >= 15 is 0 Å². The number of aryl methyl sites for hydroxylation is 6. The highest BCUT2D eigenvalue weighted by molar-refractivity contribution is 7.18. The molecule has 3 aromatic heterocycles. The minimum absolute atomic E-state index is 0.00355. The summed E-state index contributed by atoms with van der Waals surface area (Å²) in [5.74, 6) is -7.25. The van der Waals surface area contributed by atoms with Crippen molar-refractivity contribution in [3.8, 4) is 34.5 Å². The number of ketones is 3. The molecule has 12 rings (SSSR count). The van der Waals surface area contributed by atoms with E-state index in [9.17, 15) is 73.8 Å². The van der Waals surface area contributed by atoms with E-state index in [2.05, 4.69) is 15.0 Å². The van der Waals surface area contributed by atoms with E-state index in [0.717, 1.165) is 72.3 Å². The van der Waals surface area contributed by atoms with Crippen molar-refractivity contribution in [2.45, 2.75) is 87.4 Å². The number of phenols is 3. The summed E-state index contributed by atoms with van der Waals surface area (Å²) in [7, 11) is 4.58. The Bertz CT molecular complexity index is 4800. The average Bonchev–Trinajstić information content (AvgIpc) is 1.60. The molecule has 3 atom stereocenters. The largest absolute Gasteiger partial charge is 0.508 e. The number of aliphatic carboxylic acids is 1. The number of Topliss-reactive ketones (excluding diaryl/α,β-unsaturated/α-hetero) is 3. The third-order valence-electron chi connectivity index (χ3n) is 17.3. The van der Waals surface area contributed by atoms with Crippen molar-refractivity contribution in [2.24, 2.45) is 0 Å². The Labute approximate surface area is 652 Å². The summed E-state index contributed by atoms with van der Waals surface area (Å²) < 4.78 is 31.1. The Morgan fingerprint density at radius 1 is 0.384 bits per heavy atom. The number of aliphatic hydroxyl groups excluding tert-OH is 3. The Morgan fingerprint density at radius 3 is 0.804 bits per heavy atom. The smallest absolute Gasteiger partial charge is 0.350 e. The molecule has 6 aromatic carbocycles. The molecule has 32 heteroatoms. The molecule has 3 aliphatic rings. The number of methoxy groups -OCH3 is 3. The average molecular weight is 1590 g/mol. The lowest BCUT2D eigenvalue weighted by molar-refractivity contribution is -0.134. The van der Waals surface area contributed by atoms with E-state index < -0.39 is 77.1 Å². The first-order valence-electron chi connectivity index (χ1n) is 34.1. The molecule has 3 unspecified atom stereocenters. The van der Waals surface area contributed by atoms with E-state index in [1.807, 2.05) is 0 Å². The van der Waals surface area contributed by atoms with E-state index in [1.54, 1.807) is 153 Å². The fourth-order valence-electron chi connectivity index (χ4n) is 12.2. The summed E-state index contributed by atoms with van der Waals surface area (Å²) in [6.45, 7) is 16.8. The number of phenolic OH excluding ortho intramolecular Hbond substituents is 3. The molecule has 0 spiro atoms. The number of rotatable bonds is 18. The lowest BCUT2D eigenvalue weighted by atomic mass is 9.95. The van der Waals surface area contributed by atoms with Crippen LogP contribution in [0.5, 0.6) is 34.5 Å². The standard InChI is InChI=1S/3C26H24N2O7S.C2H4O2/c3*1-5-35-25(33)23-14(3)27-26(36-23)28-20(15-6-9-17(29)10-7-15)19(22(31)24(28)32)21(30)16-8-11-18(34-4)13(2)12-16;1-2(3)4/h3*6-12,20,29-30H,5H2,1-4H3;1H3,(H,3,4)/b3*21-19+;. The number of carbonyl (C=O) groups excluding carboxylic acids is 9. The number of benzene rings is 6. The van der Waals surface area contributed by atoms with Crippen LogP contribution in [0, 0.1) is 41.5 Å². The van der Waals surface area contributed by atoms with Gasteiger partial charge in [-0.1, -0.05) is 70.4 Å². The van der Waals surface area contributed by atoms with E-state index in [1.165, 1.54) is 57.7 Å². The van der Waals surface area contributed by atoms with Gasteiger partial charge in [-0.2, -0.15) is 0 Å². The van der Waals surface area contributed by atoms with Crippen molar-refractivity contribution in [1.82, 2.24) is 15.0 Å². The number of carboxylic acid groups (broad SMARTS) is 1. The number of esters is 3. The van der Waals surface area contributed by atoms with Crippen LogP contribution in [0.4, 0.5) is 15.4 Å². The van der Waals surface area contributed by atoms with E-state index in [0.29, 0.717) is 67.7 Å². The number of anilines is 3. The normalized spacial score (nSPS) is 16.5. The SMILES string of the molecule is CC(=O)O.CCOC(=O)c1sc(N2C(=O)C(=O)/C(=C(/O)c3ccc(OC)c(C)c3)C2c2ccc(O)cc2)nc1C.CCOC(=O)c1sc(N2C(=O)C(=O)/C(=C(/O)c3ccc(OC)c(C)c3)C2c2ccc(O)cc2)nc1C.CCOC(=O)c1sc(N2C(=O)C(=O)/C(=C(/O)c3ccc(OC)c(C)c3)C2c2ccc(O)cc2)nc1C. The molecular weight excluding hydrogens is 1510 g/mol. The molecule has 3 fully saturated rings. The number of amides is 3. The molecular formula is C80H76N6O23S3. The molecule has 6 heterocycles. The number of carboxylic acids is 1. The van der Waals surface area contributed by atoms with Crippen LogP contribution >= 0.6 is 34.0 Å². The van der Waals surface area contributed by atoms with Crippen molar-refractivity contribution in [1.29, 1.82) is 0 Å². The summed E-state index contributed by atoms with van der Waals surface area (Å²) in [6.07, 6.45) is 0. The van der Waals surface area contributed by atoms with Gasteiger partial charge < -0.3 is 64.2 Å².